The van der Waals surface area contributed by atoms with Crippen molar-refractivity contribution >= 4 is 34.6 Å². The number of ether oxygens (including phenoxy) is 2. The van der Waals surface area contributed by atoms with Gasteiger partial charge >= 0.3 is 12.1 Å². The molecule has 1 spiro atoms. The van der Waals surface area contributed by atoms with Gasteiger partial charge < -0.3 is 19.9 Å². The van der Waals surface area contributed by atoms with Crippen LogP contribution in [0.3, 0.4) is 0 Å². The number of aromatic nitrogens is 1. The third-order valence-corrected chi connectivity index (χ3v) is 6.77. The first-order chi connectivity index (χ1) is 16.5. The van der Waals surface area contributed by atoms with Crippen molar-refractivity contribution in [3.05, 3.63) is 65.4 Å². The molecule has 0 bridgehead atoms. The van der Waals surface area contributed by atoms with Gasteiger partial charge in [0.2, 0.25) is 5.91 Å². The normalized spacial score (nSPS) is 23.8. The first-order valence-electron chi connectivity index (χ1n) is 11.6. The van der Waals surface area contributed by atoms with Crippen molar-refractivity contribution in [3.8, 4) is 0 Å². The van der Waals surface area contributed by atoms with Crippen LogP contribution >= 0.6 is 0 Å². The fourth-order valence-corrected chi connectivity index (χ4v) is 5.43. The van der Waals surface area contributed by atoms with Crippen LogP contribution in [0.25, 0.3) is 10.9 Å². The maximum absolute atomic E-state index is 13.7. The van der Waals surface area contributed by atoms with Crippen LogP contribution in [0.4, 0.5) is 10.5 Å². The van der Waals surface area contributed by atoms with Gasteiger partial charge in [-0.15, -0.1) is 0 Å². The number of rotatable bonds is 2. The molecular weight excluding hydrogens is 448 g/mol. The highest BCUT2D eigenvalue weighted by atomic mass is 16.6. The van der Waals surface area contributed by atoms with Gasteiger partial charge in [0, 0.05) is 23.2 Å². The Morgan fingerprint density at radius 1 is 1.23 bits per heavy atom. The first-order valence-corrected chi connectivity index (χ1v) is 11.6. The highest BCUT2D eigenvalue weighted by Crippen LogP contribution is 2.55. The van der Waals surface area contributed by atoms with E-state index in [2.05, 4.69) is 5.32 Å². The van der Waals surface area contributed by atoms with Crippen LogP contribution in [-0.2, 0) is 24.5 Å². The van der Waals surface area contributed by atoms with Crippen LogP contribution in [-0.4, -0.2) is 46.0 Å². The lowest BCUT2D eigenvalue weighted by Gasteiger charge is -2.43. The summed E-state index contributed by atoms with van der Waals surface area (Å²) in [7, 11) is 0. The van der Waals surface area contributed by atoms with Gasteiger partial charge in [0.05, 0.1) is 24.0 Å². The summed E-state index contributed by atoms with van der Waals surface area (Å²) in [4.78, 5) is 39.5. The molecule has 0 unspecified atom stereocenters. The van der Waals surface area contributed by atoms with Crippen LogP contribution in [0, 0.1) is 6.92 Å². The molecule has 182 valence electrons. The van der Waals surface area contributed by atoms with Gasteiger partial charge in [0.1, 0.15) is 11.7 Å². The SMILES string of the molecule is Cc1ccc2c(c1)[C@]1(CC(=O)O[C@H](CO)[C@H]1c1cn(C(=O)OC(C)(C)C)c3ccccc13)C(=O)N2. The fraction of sp³-hybridized carbons (Fsp3) is 0.370. The number of nitrogens with zero attached hydrogens (tertiary/aromatic N) is 1. The summed E-state index contributed by atoms with van der Waals surface area (Å²) in [6.07, 6.45) is -0.0722. The van der Waals surface area contributed by atoms with E-state index >= 15 is 0 Å². The van der Waals surface area contributed by atoms with Crippen molar-refractivity contribution in [2.24, 2.45) is 0 Å². The van der Waals surface area contributed by atoms with Gasteiger partial charge in [-0.1, -0.05) is 35.9 Å². The monoisotopic (exact) mass is 476 g/mol. The zero-order valence-electron chi connectivity index (χ0n) is 20.1. The molecule has 1 saturated heterocycles. The maximum atomic E-state index is 13.7. The molecule has 0 radical (unpaired) electrons. The standard InChI is InChI=1S/C27H28N2O6/c1-15-9-10-19-18(11-15)27(24(32)28-19)12-22(31)34-21(14-30)23(27)17-13-29(25(33)35-26(2,3)4)20-8-6-5-7-16(17)20/h5-11,13,21,23,30H,12,14H2,1-4H3,(H,28,32)/t21-,23-,27+/m1/s1. The molecule has 0 saturated carbocycles. The molecule has 3 aromatic rings. The quantitative estimate of drug-likeness (QED) is 0.541. The molecule has 2 aliphatic rings. The molecule has 1 amide bonds. The summed E-state index contributed by atoms with van der Waals surface area (Å²) in [5, 5.41) is 14.0. The molecule has 8 nitrogen and oxygen atoms in total. The molecule has 1 fully saturated rings. The van der Waals surface area contributed by atoms with E-state index in [0.717, 1.165) is 5.56 Å². The summed E-state index contributed by atoms with van der Waals surface area (Å²) >= 11 is 0. The lowest BCUT2D eigenvalue weighted by molar-refractivity contribution is -0.166. The van der Waals surface area contributed by atoms with Crippen LogP contribution in [0.15, 0.2) is 48.7 Å². The average molecular weight is 477 g/mol. The highest BCUT2D eigenvalue weighted by molar-refractivity contribution is 6.10. The zero-order valence-corrected chi connectivity index (χ0v) is 20.1. The minimum atomic E-state index is -1.30. The van der Waals surface area contributed by atoms with Crippen molar-refractivity contribution in [1.29, 1.82) is 0 Å². The van der Waals surface area contributed by atoms with Gasteiger partial charge in [-0.3, -0.25) is 14.2 Å². The average Bonchev–Trinajstić information content (AvgIpc) is 3.29. The van der Waals surface area contributed by atoms with Gasteiger partial charge in [-0.25, -0.2) is 4.79 Å². The number of carbonyl (C=O) groups is 3. The van der Waals surface area contributed by atoms with E-state index in [1.165, 1.54) is 4.57 Å². The van der Waals surface area contributed by atoms with E-state index < -0.39 is 41.7 Å². The van der Waals surface area contributed by atoms with Gasteiger partial charge in [-0.05, 0) is 51.0 Å². The Bertz CT molecular complexity index is 1370. The number of amides is 1. The number of aliphatic hydroxyl groups excluding tert-OH is 1. The minimum Gasteiger partial charge on any atom is -0.459 e. The lowest BCUT2D eigenvalue weighted by Crippen LogP contribution is -2.53. The number of anilines is 1. The zero-order chi connectivity index (χ0) is 25.1. The van der Waals surface area contributed by atoms with Crippen molar-refractivity contribution in [2.75, 3.05) is 11.9 Å². The second kappa shape index (κ2) is 7.95. The van der Waals surface area contributed by atoms with E-state index in [-0.39, 0.29) is 12.3 Å². The van der Waals surface area contributed by atoms with E-state index in [1.54, 1.807) is 33.0 Å². The summed E-state index contributed by atoms with van der Waals surface area (Å²) in [6.45, 7) is 6.81. The Morgan fingerprint density at radius 2 is 1.97 bits per heavy atom. The van der Waals surface area contributed by atoms with E-state index in [9.17, 15) is 19.5 Å². The van der Waals surface area contributed by atoms with Crippen LogP contribution < -0.4 is 5.32 Å². The van der Waals surface area contributed by atoms with Crippen LogP contribution in [0.2, 0.25) is 0 Å². The number of benzene rings is 2. The predicted molar refractivity (Wildman–Crippen MR) is 129 cm³/mol. The smallest absolute Gasteiger partial charge is 0.419 e. The molecule has 2 N–H and O–H groups in total. The number of cyclic esters (lactones) is 1. The van der Waals surface area contributed by atoms with Gasteiger partial charge in [0.15, 0.2) is 0 Å². The Labute approximate surface area is 202 Å². The topological polar surface area (TPSA) is 107 Å². The number of aryl methyl sites for hydroxylation is 1. The van der Waals surface area contributed by atoms with E-state index in [4.69, 9.17) is 9.47 Å². The molecule has 2 aromatic carbocycles. The summed E-state index contributed by atoms with van der Waals surface area (Å²) < 4.78 is 12.6. The Hall–Kier alpha value is -3.65. The Balaban J connectivity index is 1.77. The van der Waals surface area contributed by atoms with Crippen molar-refractivity contribution < 1.29 is 29.0 Å². The number of carbonyl (C=O) groups excluding carboxylic acids is 3. The lowest BCUT2D eigenvalue weighted by atomic mass is 9.62. The van der Waals surface area contributed by atoms with Gasteiger partial charge in [-0.2, -0.15) is 0 Å². The minimum absolute atomic E-state index is 0.178. The molecule has 8 heteroatoms. The number of hydrogen-bond acceptors (Lipinski definition) is 6. The Morgan fingerprint density at radius 3 is 2.69 bits per heavy atom. The maximum Gasteiger partial charge on any atom is 0.419 e. The molecule has 2 aliphatic heterocycles. The Kier molecular flexibility index (Phi) is 5.25. The second-order valence-electron chi connectivity index (χ2n) is 10.3. The van der Waals surface area contributed by atoms with Crippen molar-refractivity contribution in [3.63, 3.8) is 0 Å². The largest absolute Gasteiger partial charge is 0.459 e. The molecule has 5 rings (SSSR count). The summed E-state index contributed by atoms with van der Waals surface area (Å²) in [6, 6.07) is 12.9. The number of esters is 1. The third-order valence-electron chi connectivity index (χ3n) is 6.77. The number of aliphatic hydroxyl groups is 1. The van der Waals surface area contributed by atoms with Crippen molar-refractivity contribution in [1.82, 2.24) is 4.57 Å². The molecule has 1 aromatic heterocycles. The molecular formula is C27H28N2O6. The number of para-hydroxylation sites is 1. The fourth-order valence-electron chi connectivity index (χ4n) is 5.43. The summed E-state index contributed by atoms with van der Waals surface area (Å²) in [5.41, 5.74) is 1.48. The van der Waals surface area contributed by atoms with Gasteiger partial charge in [0.25, 0.3) is 0 Å². The predicted octanol–water partition coefficient (Wildman–Crippen LogP) is 4.01. The second-order valence-corrected chi connectivity index (χ2v) is 10.3. The van der Waals surface area contributed by atoms with E-state index in [0.29, 0.717) is 27.7 Å². The number of nitrogens with one attached hydrogen (secondary N) is 1. The third kappa shape index (κ3) is 3.60. The molecule has 3 heterocycles. The number of hydrogen-bond donors (Lipinski definition) is 2. The highest BCUT2D eigenvalue weighted by Gasteiger charge is 2.60. The first kappa shape index (κ1) is 23.1. The molecule has 35 heavy (non-hydrogen) atoms. The molecule has 0 aliphatic carbocycles. The number of fused-ring (bicyclic) bond motifs is 3. The molecule has 3 atom stereocenters. The van der Waals surface area contributed by atoms with Crippen molar-refractivity contribution in [2.45, 2.75) is 57.2 Å². The van der Waals surface area contributed by atoms with Crippen LogP contribution in [0.1, 0.15) is 49.8 Å². The van der Waals surface area contributed by atoms with Crippen LogP contribution in [0.5, 0.6) is 0 Å². The summed E-state index contributed by atoms with van der Waals surface area (Å²) in [5.74, 6) is -1.62. The van der Waals surface area contributed by atoms with E-state index in [1.807, 2.05) is 43.3 Å².